The number of nitrogens with zero attached hydrogens (tertiary/aromatic N) is 3. The molecule has 3 aromatic heterocycles. The highest BCUT2D eigenvalue weighted by Gasteiger charge is 2.15. The number of hydrogen-bond donors (Lipinski definition) is 2. The Morgan fingerprint density at radius 2 is 1.88 bits per heavy atom. The van der Waals surface area contributed by atoms with Gasteiger partial charge in [0.05, 0.1) is 16.1 Å². The fourth-order valence-corrected chi connectivity index (χ4v) is 3.41. The van der Waals surface area contributed by atoms with Crippen molar-refractivity contribution in [1.29, 1.82) is 0 Å². The molecule has 24 heavy (non-hydrogen) atoms. The lowest BCUT2D eigenvalue weighted by Gasteiger charge is -2.05. The highest BCUT2D eigenvalue weighted by atomic mass is 32.1. The second kappa shape index (κ2) is 5.70. The van der Waals surface area contributed by atoms with Crippen LogP contribution in [0.25, 0.3) is 27.6 Å². The molecule has 0 saturated heterocycles. The largest absolute Gasteiger partial charge is 0.399 e. The van der Waals surface area contributed by atoms with E-state index in [-0.39, 0.29) is 0 Å². The van der Waals surface area contributed by atoms with Gasteiger partial charge in [0.1, 0.15) is 4.99 Å². The fourth-order valence-electron chi connectivity index (χ4n) is 2.52. The summed E-state index contributed by atoms with van der Waals surface area (Å²) < 4.78 is 1.80. The number of nitrogens with two attached hydrogens (primary N) is 2. The van der Waals surface area contributed by atoms with Crippen LogP contribution < -0.4 is 11.5 Å². The summed E-state index contributed by atoms with van der Waals surface area (Å²) in [7, 11) is 0. The monoisotopic (exact) mass is 351 g/mol. The van der Waals surface area contributed by atoms with Gasteiger partial charge in [-0.15, -0.1) is 16.4 Å². The number of nitrogen functional groups attached to an aromatic ring is 1. The molecule has 0 aliphatic carbocycles. The average Bonchev–Trinajstić information content (AvgIpc) is 3.24. The molecule has 0 bridgehead atoms. The topological polar surface area (TPSA) is 82.2 Å². The van der Waals surface area contributed by atoms with Crippen LogP contribution in [0.3, 0.4) is 0 Å². The van der Waals surface area contributed by atoms with Gasteiger partial charge in [0.15, 0.2) is 11.5 Å². The summed E-state index contributed by atoms with van der Waals surface area (Å²) in [5.41, 5.74) is 15.5. The van der Waals surface area contributed by atoms with Crippen molar-refractivity contribution in [3.05, 3.63) is 59.5 Å². The fraction of sp³-hybridized carbons (Fsp3) is 0. The van der Waals surface area contributed by atoms with Crippen molar-refractivity contribution in [3.63, 3.8) is 0 Å². The molecule has 4 rings (SSSR count). The molecule has 0 aliphatic heterocycles. The van der Waals surface area contributed by atoms with Gasteiger partial charge in [0.2, 0.25) is 0 Å². The van der Waals surface area contributed by atoms with Gasteiger partial charge in [-0.2, -0.15) is 0 Å². The number of hydrogen-bond acceptors (Lipinski definition) is 5. The summed E-state index contributed by atoms with van der Waals surface area (Å²) in [6, 6.07) is 15.4. The molecule has 0 spiro atoms. The highest BCUT2D eigenvalue weighted by Crippen LogP contribution is 2.28. The molecule has 3 heterocycles. The van der Waals surface area contributed by atoms with Crippen LogP contribution in [0.15, 0.2) is 53.9 Å². The molecule has 0 aliphatic rings. The molecule has 4 N–H and O–H groups in total. The highest BCUT2D eigenvalue weighted by molar-refractivity contribution is 7.80. The van der Waals surface area contributed by atoms with Crippen LogP contribution in [0.5, 0.6) is 0 Å². The van der Waals surface area contributed by atoms with Crippen molar-refractivity contribution in [2.24, 2.45) is 5.73 Å². The van der Waals surface area contributed by atoms with Crippen LogP contribution in [0, 0.1) is 0 Å². The molecule has 0 radical (unpaired) electrons. The molecule has 0 unspecified atom stereocenters. The first-order chi connectivity index (χ1) is 11.6. The van der Waals surface area contributed by atoms with Gasteiger partial charge in [0.25, 0.3) is 0 Å². The summed E-state index contributed by atoms with van der Waals surface area (Å²) in [5, 5.41) is 6.70. The molecular formula is C17H13N5S2. The Bertz CT molecular complexity index is 1030. The maximum atomic E-state index is 5.85. The number of rotatable bonds is 3. The van der Waals surface area contributed by atoms with E-state index in [1.165, 1.54) is 0 Å². The van der Waals surface area contributed by atoms with Gasteiger partial charge in [-0.05, 0) is 47.8 Å². The van der Waals surface area contributed by atoms with Crippen LogP contribution in [0.4, 0.5) is 5.69 Å². The number of fused-ring (bicyclic) bond motifs is 1. The average molecular weight is 351 g/mol. The van der Waals surface area contributed by atoms with E-state index >= 15 is 0 Å². The summed E-state index contributed by atoms with van der Waals surface area (Å²) in [6.45, 7) is 0. The van der Waals surface area contributed by atoms with E-state index in [9.17, 15) is 0 Å². The number of anilines is 1. The van der Waals surface area contributed by atoms with E-state index in [0.717, 1.165) is 16.1 Å². The SMILES string of the molecule is NC(=S)c1ccc(-c2cccs2)n2nc(-c3ccc(N)cc3)nc12. The third-order valence-electron chi connectivity index (χ3n) is 3.69. The molecule has 118 valence electrons. The van der Waals surface area contributed by atoms with Crippen LogP contribution in [-0.4, -0.2) is 19.6 Å². The number of aromatic nitrogens is 3. The summed E-state index contributed by atoms with van der Waals surface area (Å²) >= 11 is 6.80. The van der Waals surface area contributed by atoms with E-state index in [1.807, 2.05) is 53.9 Å². The lowest BCUT2D eigenvalue weighted by Crippen LogP contribution is -2.12. The first-order valence-electron chi connectivity index (χ1n) is 7.23. The summed E-state index contributed by atoms with van der Waals surface area (Å²) in [6.07, 6.45) is 0. The molecule has 0 amide bonds. The van der Waals surface area contributed by atoms with Gasteiger partial charge in [-0.25, -0.2) is 9.50 Å². The van der Waals surface area contributed by atoms with Gasteiger partial charge >= 0.3 is 0 Å². The lowest BCUT2D eigenvalue weighted by atomic mass is 10.2. The predicted octanol–water partition coefficient (Wildman–Crippen LogP) is 3.34. The maximum absolute atomic E-state index is 5.85. The van der Waals surface area contributed by atoms with Gasteiger partial charge in [-0.3, -0.25) is 0 Å². The lowest BCUT2D eigenvalue weighted by molar-refractivity contribution is 0.975. The summed E-state index contributed by atoms with van der Waals surface area (Å²) in [4.78, 5) is 6.05. The second-order valence-corrected chi connectivity index (χ2v) is 6.65. The van der Waals surface area contributed by atoms with Crippen LogP contribution in [0.1, 0.15) is 5.56 Å². The Hall–Kier alpha value is -2.77. The van der Waals surface area contributed by atoms with Gasteiger partial charge in [0, 0.05) is 11.3 Å². The summed E-state index contributed by atoms with van der Waals surface area (Å²) in [5.74, 6) is 0.608. The Labute approximate surface area is 147 Å². The Morgan fingerprint density at radius 3 is 2.54 bits per heavy atom. The van der Waals surface area contributed by atoms with E-state index in [2.05, 4.69) is 10.1 Å². The van der Waals surface area contributed by atoms with E-state index in [4.69, 9.17) is 23.7 Å². The number of pyridine rings is 1. The quantitative estimate of drug-likeness (QED) is 0.437. The molecule has 5 nitrogen and oxygen atoms in total. The molecule has 7 heteroatoms. The maximum Gasteiger partial charge on any atom is 0.182 e. The van der Waals surface area contributed by atoms with Gasteiger partial charge in [-0.1, -0.05) is 18.3 Å². The standard InChI is InChI=1S/C17H13N5S2/c18-11-5-3-10(4-6-11)16-20-17-12(15(19)23)7-8-13(22(17)21-16)14-2-1-9-24-14/h1-9H,18H2,(H2,19,23). The third-order valence-corrected chi connectivity index (χ3v) is 4.80. The third kappa shape index (κ3) is 2.44. The van der Waals surface area contributed by atoms with Crippen molar-refractivity contribution in [1.82, 2.24) is 14.6 Å². The van der Waals surface area contributed by atoms with Crippen molar-refractivity contribution < 1.29 is 0 Å². The minimum absolute atomic E-state index is 0.300. The second-order valence-electron chi connectivity index (χ2n) is 5.27. The van der Waals surface area contributed by atoms with Crippen molar-refractivity contribution in [3.8, 4) is 22.0 Å². The number of benzene rings is 1. The Balaban J connectivity index is 1.98. The zero-order chi connectivity index (χ0) is 16.7. The molecule has 0 fully saturated rings. The predicted molar refractivity (Wildman–Crippen MR) is 102 cm³/mol. The van der Waals surface area contributed by atoms with Crippen LogP contribution in [-0.2, 0) is 0 Å². The van der Waals surface area contributed by atoms with Gasteiger partial charge < -0.3 is 11.5 Å². The van der Waals surface area contributed by atoms with Crippen LogP contribution in [0.2, 0.25) is 0 Å². The first kappa shape index (κ1) is 14.8. The molecule has 0 saturated carbocycles. The van der Waals surface area contributed by atoms with Crippen molar-refractivity contribution >= 4 is 39.9 Å². The van der Waals surface area contributed by atoms with Crippen molar-refractivity contribution in [2.75, 3.05) is 5.73 Å². The smallest absolute Gasteiger partial charge is 0.182 e. The minimum Gasteiger partial charge on any atom is -0.399 e. The zero-order valence-corrected chi connectivity index (χ0v) is 14.1. The van der Waals surface area contributed by atoms with Crippen molar-refractivity contribution in [2.45, 2.75) is 0 Å². The molecule has 1 aromatic carbocycles. The van der Waals surface area contributed by atoms with Crippen LogP contribution >= 0.6 is 23.6 Å². The first-order valence-corrected chi connectivity index (χ1v) is 8.51. The zero-order valence-electron chi connectivity index (χ0n) is 12.5. The Kier molecular flexibility index (Phi) is 3.51. The molecule has 0 atom stereocenters. The minimum atomic E-state index is 0.300. The molecule has 4 aromatic rings. The number of thiocarbonyl (C=S) groups is 1. The normalized spacial score (nSPS) is 11.0. The van der Waals surface area contributed by atoms with E-state index < -0.39 is 0 Å². The van der Waals surface area contributed by atoms with E-state index in [1.54, 1.807) is 15.9 Å². The molecular weight excluding hydrogens is 338 g/mol. The Morgan fingerprint density at radius 1 is 1.08 bits per heavy atom. The number of thiophene rings is 1. The van der Waals surface area contributed by atoms with E-state index in [0.29, 0.717) is 27.7 Å².